The van der Waals surface area contributed by atoms with Gasteiger partial charge in [-0.3, -0.25) is 0 Å². The number of hydrogen-bond donors (Lipinski definition) is 0. The van der Waals surface area contributed by atoms with Gasteiger partial charge in [-0.25, -0.2) is 0 Å². The van der Waals surface area contributed by atoms with E-state index in [2.05, 4.69) is 0 Å². The molecule has 0 heterocycles. The summed E-state index contributed by atoms with van der Waals surface area (Å²) >= 11 is 17.4. The van der Waals surface area contributed by atoms with Gasteiger partial charge >= 0.3 is 14.7 Å². The average molecular weight is 450 g/mol. The third-order valence-corrected chi connectivity index (χ3v) is 13.0. The van der Waals surface area contributed by atoms with Crippen molar-refractivity contribution in [1.29, 1.82) is 0 Å². The molecular formula is C12H26Cl3F3O2Si3. The maximum absolute atomic E-state index is 12.8. The van der Waals surface area contributed by atoms with Gasteiger partial charge in [-0.05, 0) is 57.8 Å². The summed E-state index contributed by atoms with van der Waals surface area (Å²) in [6.07, 6.45) is -5.07. The van der Waals surface area contributed by atoms with E-state index in [-0.39, 0.29) is 18.5 Å². The molecule has 0 aliphatic heterocycles. The Kier molecular flexibility index (Phi) is 8.73. The van der Waals surface area contributed by atoms with E-state index in [1.54, 1.807) is 0 Å². The molecule has 0 aliphatic rings. The zero-order chi connectivity index (χ0) is 18.7. The molecule has 140 valence electrons. The lowest BCUT2D eigenvalue weighted by molar-refractivity contribution is -0.131. The Balaban J connectivity index is 5.50. The van der Waals surface area contributed by atoms with Gasteiger partial charge < -0.3 is 8.23 Å². The van der Waals surface area contributed by atoms with Gasteiger partial charge in [-0.1, -0.05) is 34.8 Å². The largest absolute Gasteiger partial charge is 0.436 e. The zero-order valence-corrected chi connectivity index (χ0v) is 19.7. The summed E-state index contributed by atoms with van der Waals surface area (Å²) in [5, 5.41) is 0. The van der Waals surface area contributed by atoms with Crippen LogP contribution in [0.1, 0.15) is 12.8 Å². The summed E-state index contributed by atoms with van der Waals surface area (Å²) in [4.78, 5) is 0. The second-order valence-electron chi connectivity index (χ2n) is 7.57. The first-order valence-electron chi connectivity index (χ1n) is 7.36. The number of alkyl halides is 6. The van der Waals surface area contributed by atoms with Crippen molar-refractivity contribution in [2.24, 2.45) is 0 Å². The van der Waals surface area contributed by atoms with Crippen molar-refractivity contribution in [2.75, 3.05) is 0 Å². The molecule has 0 spiro atoms. The molecule has 0 aliphatic carbocycles. The van der Waals surface area contributed by atoms with Crippen molar-refractivity contribution in [2.45, 2.75) is 74.2 Å². The van der Waals surface area contributed by atoms with Gasteiger partial charge in [0.05, 0.1) is 0 Å². The lowest BCUT2D eigenvalue weighted by atomic mass is 10.5. The van der Waals surface area contributed by atoms with Crippen LogP contribution in [0.5, 0.6) is 0 Å². The molecule has 0 N–H and O–H groups in total. The highest BCUT2D eigenvalue weighted by Crippen LogP contribution is 2.39. The molecule has 0 aromatic carbocycles. The van der Waals surface area contributed by atoms with Crippen LogP contribution in [0.2, 0.25) is 51.4 Å². The van der Waals surface area contributed by atoms with Crippen LogP contribution in [0.15, 0.2) is 0 Å². The predicted octanol–water partition coefficient (Wildman–Crippen LogP) is 6.84. The van der Waals surface area contributed by atoms with Gasteiger partial charge in [0.15, 0.2) is 20.4 Å². The Hall–Kier alpha value is 1.23. The van der Waals surface area contributed by atoms with Crippen molar-refractivity contribution >= 4 is 60.0 Å². The maximum Gasteiger partial charge on any atom is 0.389 e. The highest BCUT2D eigenvalue weighted by atomic mass is 35.6. The van der Waals surface area contributed by atoms with Crippen LogP contribution in [-0.2, 0) is 8.23 Å². The number of rotatable bonds is 8. The quantitative estimate of drug-likeness (QED) is 0.298. The van der Waals surface area contributed by atoms with E-state index in [1.165, 1.54) is 0 Å². The van der Waals surface area contributed by atoms with Gasteiger partial charge in [0.25, 0.3) is 0 Å². The highest BCUT2D eigenvalue weighted by Gasteiger charge is 2.47. The molecule has 0 aromatic heterocycles. The van der Waals surface area contributed by atoms with Crippen LogP contribution in [0.25, 0.3) is 0 Å². The molecule has 0 aromatic rings. The average Bonchev–Trinajstić information content (AvgIpc) is 2.17. The van der Waals surface area contributed by atoms with Gasteiger partial charge in [0.2, 0.25) is 0 Å². The Morgan fingerprint density at radius 2 is 1.09 bits per heavy atom. The third kappa shape index (κ3) is 14.1. The summed E-state index contributed by atoms with van der Waals surface area (Å²) in [6, 6.07) is 0.0832. The van der Waals surface area contributed by atoms with Crippen LogP contribution in [0, 0.1) is 0 Å². The van der Waals surface area contributed by atoms with E-state index in [4.69, 9.17) is 43.0 Å². The smallest absolute Gasteiger partial charge is 0.389 e. The molecule has 2 nitrogen and oxygen atoms in total. The highest BCUT2D eigenvalue weighted by molar-refractivity contribution is 6.88. The van der Waals surface area contributed by atoms with E-state index in [9.17, 15) is 13.2 Å². The van der Waals surface area contributed by atoms with Crippen LogP contribution >= 0.6 is 34.8 Å². The first kappa shape index (κ1) is 24.2. The van der Waals surface area contributed by atoms with E-state index in [0.717, 1.165) is 0 Å². The number of halogens is 6. The van der Waals surface area contributed by atoms with E-state index in [1.807, 2.05) is 39.3 Å². The molecule has 0 fully saturated rings. The fourth-order valence-electron chi connectivity index (χ4n) is 2.13. The van der Waals surface area contributed by atoms with Crippen molar-refractivity contribution in [3.05, 3.63) is 0 Å². The van der Waals surface area contributed by atoms with Crippen LogP contribution in [0.4, 0.5) is 13.2 Å². The zero-order valence-electron chi connectivity index (χ0n) is 14.4. The lowest BCUT2D eigenvalue weighted by Crippen LogP contribution is -2.55. The van der Waals surface area contributed by atoms with Crippen molar-refractivity contribution in [3.8, 4) is 0 Å². The molecule has 0 bridgehead atoms. The summed E-state index contributed by atoms with van der Waals surface area (Å²) in [5.74, 6) is 0. The van der Waals surface area contributed by atoms with Crippen molar-refractivity contribution < 1.29 is 21.4 Å². The molecule has 0 saturated carbocycles. The van der Waals surface area contributed by atoms with E-state index >= 15 is 0 Å². The Morgan fingerprint density at radius 3 is 1.35 bits per heavy atom. The summed E-state index contributed by atoms with van der Waals surface area (Å²) in [7, 11) is -7.38. The predicted molar refractivity (Wildman–Crippen MR) is 99.8 cm³/mol. The summed E-state index contributed by atoms with van der Waals surface area (Å²) in [6.45, 7) is 11.6. The van der Waals surface area contributed by atoms with Crippen molar-refractivity contribution in [3.63, 3.8) is 0 Å². The van der Waals surface area contributed by atoms with Gasteiger partial charge in [0, 0.05) is 6.42 Å². The third-order valence-electron chi connectivity index (χ3n) is 2.56. The first-order chi connectivity index (χ1) is 9.83. The maximum atomic E-state index is 12.8. The first-order valence-corrected chi connectivity index (χ1v) is 17.5. The molecule has 0 radical (unpaired) electrons. The Bertz CT molecular complexity index is 341. The molecule has 11 heteroatoms. The Labute approximate surface area is 155 Å². The monoisotopic (exact) mass is 448 g/mol. The second kappa shape index (κ2) is 8.28. The topological polar surface area (TPSA) is 18.5 Å². The normalized spacial score (nSPS) is 15.1. The molecule has 0 unspecified atom stereocenters. The molecule has 0 rings (SSSR count). The fraction of sp³-hybridized carbons (Fsp3) is 1.00. The Morgan fingerprint density at radius 1 is 0.739 bits per heavy atom. The van der Waals surface area contributed by atoms with Gasteiger partial charge in [0.1, 0.15) is 0 Å². The molecule has 0 saturated heterocycles. The minimum Gasteiger partial charge on any atom is -0.436 e. The number of hydrogen-bond acceptors (Lipinski definition) is 2. The lowest BCUT2D eigenvalue weighted by Gasteiger charge is -2.41. The SMILES string of the molecule is C[Si](C)(C)O[Si](CCC(F)(F)F)(CCC(Cl)(Cl)Cl)O[Si](C)(C)C. The minimum atomic E-state index is -4.26. The fourth-order valence-corrected chi connectivity index (χ4v) is 15.7. The standard InChI is InChI=1S/C12H26Cl3F3O2Si3/c1-21(2,3)19-23(20-22(4,5)6,9-7-11(13,14)15)10-8-12(16,17)18/h7-10H2,1-6H3. The van der Waals surface area contributed by atoms with Gasteiger partial charge in [-0.2, -0.15) is 13.2 Å². The molecular weight excluding hydrogens is 424 g/mol. The van der Waals surface area contributed by atoms with Crippen LogP contribution in [-0.4, -0.2) is 35.2 Å². The van der Waals surface area contributed by atoms with Crippen LogP contribution in [0.3, 0.4) is 0 Å². The minimum absolute atomic E-state index is 0.122. The molecule has 0 atom stereocenters. The van der Waals surface area contributed by atoms with Gasteiger partial charge in [-0.15, -0.1) is 0 Å². The molecule has 0 amide bonds. The molecule has 23 heavy (non-hydrogen) atoms. The summed E-state index contributed by atoms with van der Waals surface area (Å²) < 4.78 is 49.2. The second-order valence-corrected chi connectivity index (χ2v) is 23.0. The van der Waals surface area contributed by atoms with E-state index in [0.29, 0.717) is 0 Å². The summed E-state index contributed by atoms with van der Waals surface area (Å²) in [5.41, 5.74) is 0. The van der Waals surface area contributed by atoms with Crippen molar-refractivity contribution in [1.82, 2.24) is 0 Å². The van der Waals surface area contributed by atoms with Crippen LogP contribution < -0.4 is 0 Å². The van der Waals surface area contributed by atoms with E-state index < -0.39 is 41.6 Å².